The minimum Gasteiger partial charge on any atom is -0.378 e. The standard InChI is InChI=1S/C14H20INO2S/c15-13-9-11(10-19-13)14(17)16-7-4-8-18-12-5-2-1-3-6-12/h9-10,12H,1-8H2,(H,16,17). The van der Waals surface area contributed by atoms with Crippen LogP contribution in [-0.2, 0) is 4.74 Å². The summed E-state index contributed by atoms with van der Waals surface area (Å²) in [5.74, 6) is 0.0248. The number of ether oxygens (including phenoxy) is 1. The number of thiophene rings is 1. The smallest absolute Gasteiger partial charge is 0.252 e. The summed E-state index contributed by atoms with van der Waals surface area (Å²) in [7, 11) is 0. The van der Waals surface area contributed by atoms with Crippen molar-refractivity contribution in [3.8, 4) is 0 Å². The largest absolute Gasteiger partial charge is 0.378 e. The van der Waals surface area contributed by atoms with Crippen LogP contribution in [0, 0.1) is 2.88 Å². The van der Waals surface area contributed by atoms with Crippen LogP contribution >= 0.6 is 33.9 Å². The minimum absolute atomic E-state index is 0.0248. The van der Waals surface area contributed by atoms with Gasteiger partial charge < -0.3 is 10.1 Å². The monoisotopic (exact) mass is 393 g/mol. The van der Waals surface area contributed by atoms with Gasteiger partial charge in [-0.3, -0.25) is 4.79 Å². The topological polar surface area (TPSA) is 38.3 Å². The second-order valence-electron chi connectivity index (χ2n) is 4.88. The zero-order valence-electron chi connectivity index (χ0n) is 11.0. The number of hydrogen-bond donors (Lipinski definition) is 1. The fourth-order valence-electron chi connectivity index (χ4n) is 2.29. The molecule has 19 heavy (non-hydrogen) atoms. The molecule has 2 rings (SSSR count). The molecule has 0 aromatic carbocycles. The van der Waals surface area contributed by atoms with Gasteiger partial charge in [0.15, 0.2) is 0 Å². The Bertz CT molecular complexity index is 402. The third kappa shape index (κ3) is 5.39. The Kier molecular flexibility index (Phi) is 6.59. The van der Waals surface area contributed by atoms with Crippen molar-refractivity contribution in [2.75, 3.05) is 13.2 Å². The Morgan fingerprint density at radius 3 is 2.89 bits per heavy atom. The number of rotatable bonds is 6. The molecule has 1 N–H and O–H groups in total. The molecule has 0 radical (unpaired) electrons. The SMILES string of the molecule is O=C(NCCCOC1CCCCC1)c1csc(I)c1. The van der Waals surface area contributed by atoms with Crippen molar-refractivity contribution in [1.82, 2.24) is 5.32 Å². The molecule has 106 valence electrons. The third-order valence-corrected chi connectivity index (χ3v) is 5.13. The van der Waals surface area contributed by atoms with E-state index in [4.69, 9.17) is 4.74 Å². The van der Waals surface area contributed by atoms with E-state index in [0.29, 0.717) is 12.6 Å². The normalized spacial score (nSPS) is 16.5. The number of amides is 1. The summed E-state index contributed by atoms with van der Waals surface area (Å²) in [5.41, 5.74) is 0.766. The fraction of sp³-hybridized carbons (Fsp3) is 0.643. The molecule has 0 unspecified atom stereocenters. The molecule has 1 amide bonds. The van der Waals surface area contributed by atoms with Gasteiger partial charge >= 0.3 is 0 Å². The Hall–Kier alpha value is -0.140. The second-order valence-corrected chi connectivity index (χ2v) is 7.69. The van der Waals surface area contributed by atoms with Gasteiger partial charge in [0.1, 0.15) is 0 Å². The maximum atomic E-state index is 11.8. The minimum atomic E-state index is 0.0248. The Labute approximate surface area is 132 Å². The number of carbonyl (C=O) groups excluding carboxylic acids is 1. The van der Waals surface area contributed by atoms with Crippen LogP contribution in [0.4, 0.5) is 0 Å². The summed E-state index contributed by atoms with van der Waals surface area (Å²) in [6.07, 6.45) is 7.73. The van der Waals surface area contributed by atoms with E-state index in [1.165, 1.54) is 32.1 Å². The van der Waals surface area contributed by atoms with Crippen LogP contribution in [0.2, 0.25) is 0 Å². The van der Waals surface area contributed by atoms with Crippen LogP contribution in [0.25, 0.3) is 0 Å². The lowest BCUT2D eigenvalue weighted by atomic mass is 9.98. The number of nitrogens with one attached hydrogen (secondary N) is 1. The van der Waals surface area contributed by atoms with Crippen LogP contribution in [0.15, 0.2) is 11.4 Å². The van der Waals surface area contributed by atoms with Gasteiger partial charge in [0, 0.05) is 18.5 Å². The van der Waals surface area contributed by atoms with E-state index in [2.05, 4.69) is 27.9 Å². The Morgan fingerprint density at radius 1 is 1.42 bits per heavy atom. The Morgan fingerprint density at radius 2 is 2.21 bits per heavy atom. The predicted molar refractivity (Wildman–Crippen MR) is 86.8 cm³/mol. The molecule has 0 bridgehead atoms. The van der Waals surface area contributed by atoms with E-state index in [9.17, 15) is 4.79 Å². The first-order valence-corrected chi connectivity index (χ1v) is 8.85. The second kappa shape index (κ2) is 8.21. The lowest BCUT2D eigenvalue weighted by Crippen LogP contribution is -2.25. The first-order valence-electron chi connectivity index (χ1n) is 6.89. The van der Waals surface area contributed by atoms with Crippen LogP contribution in [0.1, 0.15) is 48.9 Å². The van der Waals surface area contributed by atoms with Gasteiger partial charge in [-0.15, -0.1) is 11.3 Å². The van der Waals surface area contributed by atoms with Gasteiger partial charge in [-0.1, -0.05) is 19.3 Å². The van der Waals surface area contributed by atoms with E-state index >= 15 is 0 Å². The van der Waals surface area contributed by atoms with Gasteiger partial charge in [-0.2, -0.15) is 0 Å². The van der Waals surface area contributed by atoms with Crippen molar-refractivity contribution in [3.63, 3.8) is 0 Å². The van der Waals surface area contributed by atoms with Gasteiger partial charge in [-0.05, 0) is 47.9 Å². The molecule has 3 nitrogen and oxygen atoms in total. The molecule has 1 aromatic rings. The third-order valence-electron chi connectivity index (χ3n) is 3.34. The van der Waals surface area contributed by atoms with Crippen LogP contribution in [0.3, 0.4) is 0 Å². The fourth-order valence-corrected chi connectivity index (χ4v) is 3.61. The quantitative estimate of drug-likeness (QED) is 0.590. The summed E-state index contributed by atoms with van der Waals surface area (Å²) in [4.78, 5) is 11.8. The highest BCUT2D eigenvalue weighted by molar-refractivity contribution is 14.1. The summed E-state index contributed by atoms with van der Waals surface area (Å²) in [5, 5.41) is 4.83. The predicted octanol–water partition coefficient (Wildman–Crippen LogP) is 3.82. The van der Waals surface area contributed by atoms with E-state index < -0.39 is 0 Å². The molecule has 1 heterocycles. The Balaban J connectivity index is 1.55. The van der Waals surface area contributed by atoms with E-state index in [0.717, 1.165) is 21.5 Å². The van der Waals surface area contributed by atoms with Crippen molar-refractivity contribution in [3.05, 3.63) is 19.9 Å². The van der Waals surface area contributed by atoms with Crippen LogP contribution in [-0.4, -0.2) is 25.2 Å². The van der Waals surface area contributed by atoms with Crippen molar-refractivity contribution in [1.29, 1.82) is 0 Å². The zero-order chi connectivity index (χ0) is 13.5. The van der Waals surface area contributed by atoms with Crippen molar-refractivity contribution in [2.24, 2.45) is 0 Å². The molecule has 0 saturated heterocycles. The van der Waals surface area contributed by atoms with Gasteiger partial charge in [-0.25, -0.2) is 0 Å². The molecule has 5 heteroatoms. The van der Waals surface area contributed by atoms with Gasteiger partial charge in [0.25, 0.3) is 5.91 Å². The summed E-state index contributed by atoms with van der Waals surface area (Å²) in [6.45, 7) is 1.45. The van der Waals surface area contributed by atoms with E-state index in [-0.39, 0.29) is 5.91 Å². The molecule has 0 spiro atoms. The summed E-state index contributed by atoms with van der Waals surface area (Å²) in [6, 6.07) is 1.92. The molecule has 1 aliphatic rings. The van der Waals surface area contributed by atoms with Gasteiger partial charge in [0.2, 0.25) is 0 Å². The van der Waals surface area contributed by atoms with E-state index in [1.54, 1.807) is 11.3 Å². The molecular weight excluding hydrogens is 373 g/mol. The first kappa shape index (κ1) is 15.3. The molecule has 1 aliphatic carbocycles. The number of hydrogen-bond acceptors (Lipinski definition) is 3. The molecule has 1 fully saturated rings. The maximum absolute atomic E-state index is 11.8. The molecule has 1 saturated carbocycles. The highest BCUT2D eigenvalue weighted by atomic mass is 127. The van der Waals surface area contributed by atoms with Crippen molar-refractivity contribution >= 4 is 39.8 Å². The maximum Gasteiger partial charge on any atom is 0.252 e. The highest BCUT2D eigenvalue weighted by Crippen LogP contribution is 2.20. The van der Waals surface area contributed by atoms with Crippen molar-refractivity contribution in [2.45, 2.75) is 44.6 Å². The van der Waals surface area contributed by atoms with Crippen molar-refractivity contribution < 1.29 is 9.53 Å². The van der Waals surface area contributed by atoms with E-state index in [1.807, 2.05) is 11.4 Å². The van der Waals surface area contributed by atoms with Crippen LogP contribution < -0.4 is 5.32 Å². The first-order chi connectivity index (χ1) is 9.25. The summed E-state index contributed by atoms with van der Waals surface area (Å²) >= 11 is 3.82. The number of halogens is 1. The highest BCUT2D eigenvalue weighted by Gasteiger charge is 2.13. The number of carbonyl (C=O) groups is 1. The summed E-state index contributed by atoms with van der Waals surface area (Å²) < 4.78 is 6.97. The van der Waals surface area contributed by atoms with Crippen LogP contribution in [0.5, 0.6) is 0 Å². The average molecular weight is 393 g/mol. The molecule has 0 atom stereocenters. The molecule has 0 aliphatic heterocycles. The average Bonchev–Trinajstić information content (AvgIpc) is 2.86. The lowest BCUT2D eigenvalue weighted by Gasteiger charge is -2.21. The zero-order valence-corrected chi connectivity index (χ0v) is 14.0. The molecular formula is C14H20INO2S. The van der Waals surface area contributed by atoms with Gasteiger partial charge in [0.05, 0.1) is 14.6 Å². The molecule has 1 aromatic heterocycles. The lowest BCUT2D eigenvalue weighted by molar-refractivity contribution is 0.0273.